The number of nitrogens with one attached hydrogen (secondary N) is 2. The molecule has 5 aromatic heterocycles. The molecule has 0 radical (unpaired) electrons. The Labute approximate surface area is 197 Å². The van der Waals surface area contributed by atoms with Crippen molar-refractivity contribution in [1.82, 2.24) is 39.9 Å². The molecule has 3 N–H and O–H groups in total. The van der Waals surface area contributed by atoms with Gasteiger partial charge in [-0.15, -0.1) is 0 Å². The number of imidazole rings is 1. The molecule has 0 amide bonds. The average Bonchev–Trinajstić information content (AvgIpc) is 3.66. The molecule has 35 heavy (non-hydrogen) atoms. The topological polar surface area (TPSA) is 140 Å². The van der Waals surface area contributed by atoms with Gasteiger partial charge in [0.15, 0.2) is 23.0 Å². The summed E-state index contributed by atoms with van der Waals surface area (Å²) >= 11 is 0. The van der Waals surface area contributed by atoms with Gasteiger partial charge in [0.25, 0.3) is 0 Å². The van der Waals surface area contributed by atoms with E-state index in [2.05, 4.69) is 25.3 Å². The third-order valence-corrected chi connectivity index (χ3v) is 6.01. The van der Waals surface area contributed by atoms with Gasteiger partial charge in [-0.05, 0) is 36.4 Å². The highest BCUT2D eigenvalue weighted by atomic mass is 16.7. The van der Waals surface area contributed by atoms with E-state index >= 15 is 0 Å². The predicted molar refractivity (Wildman–Crippen MR) is 126 cm³/mol. The Bertz CT molecular complexity index is 1750. The molecule has 6 aromatic rings. The molecular formula is C24H18N8O3. The molecule has 11 heteroatoms. The number of hydrogen-bond donors (Lipinski definition) is 3. The Kier molecular flexibility index (Phi) is 4.14. The van der Waals surface area contributed by atoms with Crippen LogP contribution in [0.25, 0.3) is 56.1 Å². The lowest BCUT2D eigenvalue weighted by atomic mass is 10.1. The number of H-pyrrole nitrogens is 2. The maximum absolute atomic E-state index is 9.69. The van der Waals surface area contributed by atoms with E-state index in [1.165, 1.54) is 0 Å². The Hall–Kier alpha value is -4.77. The van der Waals surface area contributed by atoms with E-state index in [9.17, 15) is 5.11 Å². The lowest BCUT2D eigenvalue weighted by Crippen LogP contribution is -1.92. The lowest BCUT2D eigenvalue weighted by Gasteiger charge is -2.03. The normalized spacial score (nSPS) is 12.7. The number of fused-ring (bicyclic) bond motifs is 3. The number of ether oxygens (including phenoxy) is 2. The predicted octanol–water partition coefficient (Wildman–Crippen LogP) is 3.18. The molecule has 172 valence electrons. The van der Waals surface area contributed by atoms with Crippen LogP contribution in [0.2, 0.25) is 0 Å². The maximum atomic E-state index is 9.69. The Balaban J connectivity index is 1.36. The molecule has 0 fully saturated rings. The summed E-state index contributed by atoms with van der Waals surface area (Å²) in [7, 11) is 1.81. The first kappa shape index (κ1) is 19.7. The summed E-state index contributed by atoms with van der Waals surface area (Å²) in [5.74, 6) is 1.97. The smallest absolute Gasteiger partial charge is 0.231 e. The maximum Gasteiger partial charge on any atom is 0.231 e. The van der Waals surface area contributed by atoms with E-state index in [0.717, 1.165) is 27.9 Å². The third kappa shape index (κ3) is 3.05. The number of rotatable bonds is 4. The van der Waals surface area contributed by atoms with E-state index in [1.54, 1.807) is 10.9 Å². The molecule has 1 aromatic carbocycles. The van der Waals surface area contributed by atoms with Crippen LogP contribution in [0.1, 0.15) is 5.69 Å². The Morgan fingerprint density at radius 1 is 1.00 bits per heavy atom. The number of aromatic nitrogens is 8. The third-order valence-electron chi connectivity index (χ3n) is 6.01. The first-order chi connectivity index (χ1) is 17.2. The Morgan fingerprint density at radius 2 is 1.89 bits per heavy atom. The van der Waals surface area contributed by atoms with Gasteiger partial charge in [0, 0.05) is 30.6 Å². The van der Waals surface area contributed by atoms with Crippen molar-refractivity contribution < 1.29 is 14.6 Å². The van der Waals surface area contributed by atoms with Gasteiger partial charge >= 0.3 is 0 Å². The number of nitrogens with zero attached hydrogens (tertiary/aromatic N) is 6. The fraction of sp³-hybridized carbons (Fsp3) is 0.125. The number of pyridine rings is 2. The van der Waals surface area contributed by atoms with E-state index in [0.29, 0.717) is 45.4 Å². The molecule has 0 aliphatic carbocycles. The van der Waals surface area contributed by atoms with Crippen molar-refractivity contribution in [3.8, 4) is 45.5 Å². The standard InChI is InChI=1S/C24H18N8O3/c1-32-9-13(17(10-33)31-32)14-3-4-16-22(26-14)23(30-29-16)24-27-15-6-7-25-20(21(15)28-24)12-2-5-18-19(8-12)35-11-34-18/h2-9,33H,10-11H2,1H3,(H,27,28)(H,29,30). The van der Waals surface area contributed by atoms with E-state index < -0.39 is 0 Å². The average molecular weight is 466 g/mol. The van der Waals surface area contributed by atoms with Crippen molar-refractivity contribution in [1.29, 1.82) is 0 Å². The van der Waals surface area contributed by atoms with Gasteiger partial charge in [0.2, 0.25) is 6.79 Å². The number of aromatic amines is 2. The molecule has 0 unspecified atom stereocenters. The zero-order chi connectivity index (χ0) is 23.5. The fourth-order valence-corrected chi connectivity index (χ4v) is 4.38. The second-order valence-corrected chi connectivity index (χ2v) is 8.20. The van der Waals surface area contributed by atoms with Gasteiger partial charge in [-0.25, -0.2) is 9.97 Å². The highest BCUT2D eigenvalue weighted by Crippen LogP contribution is 2.37. The second-order valence-electron chi connectivity index (χ2n) is 8.20. The zero-order valence-electron chi connectivity index (χ0n) is 18.5. The van der Waals surface area contributed by atoms with Crippen molar-refractivity contribution in [3.63, 3.8) is 0 Å². The minimum absolute atomic E-state index is 0.173. The molecule has 0 spiro atoms. The monoisotopic (exact) mass is 466 g/mol. The molecule has 11 nitrogen and oxygen atoms in total. The van der Waals surface area contributed by atoms with Gasteiger partial charge in [0.05, 0.1) is 34.7 Å². The van der Waals surface area contributed by atoms with Crippen LogP contribution in [0.4, 0.5) is 0 Å². The van der Waals surface area contributed by atoms with Crippen molar-refractivity contribution in [2.75, 3.05) is 6.79 Å². The van der Waals surface area contributed by atoms with Crippen molar-refractivity contribution in [2.24, 2.45) is 7.05 Å². The zero-order valence-corrected chi connectivity index (χ0v) is 18.5. The van der Waals surface area contributed by atoms with Crippen LogP contribution in [-0.2, 0) is 13.7 Å². The largest absolute Gasteiger partial charge is 0.454 e. The number of aryl methyl sites for hydroxylation is 1. The number of aliphatic hydroxyl groups excluding tert-OH is 1. The molecule has 0 saturated heterocycles. The summed E-state index contributed by atoms with van der Waals surface area (Å²) in [5, 5.41) is 21.5. The molecule has 0 atom stereocenters. The van der Waals surface area contributed by atoms with Gasteiger partial charge in [0.1, 0.15) is 11.0 Å². The van der Waals surface area contributed by atoms with Crippen LogP contribution >= 0.6 is 0 Å². The van der Waals surface area contributed by atoms with E-state index in [-0.39, 0.29) is 13.4 Å². The van der Waals surface area contributed by atoms with Crippen molar-refractivity contribution in [3.05, 3.63) is 54.5 Å². The van der Waals surface area contributed by atoms with Crippen LogP contribution in [-0.4, -0.2) is 51.8 Å². The molecular weight excluding hydrogens is 448 g/mol. The number of benzene rings is 1. The van der Waals surface area contributed by atoms with Gasteiger partial charge in [-0.3, -0.25) is 14.8 Å². The second kappa shape index (κ2) is 7.37. The van der Waals surface area contributed by atoms with Gasteiger partial charge in [-0.1, -0.05) is 0 Å². The first-order valence-corrected chi connectivity index (χ1v) is 10.9. The summed E-state index contributed by atoms with van der Waals surface area (Å²) in [5.41, 5.74) is 7.17. The number of aliphatic hydroxyl groups is 1. The van der Waals surface area contributed by atoms with Gasteiger partial charge in [-0.2, -0.15) is 10.2 Å². The highest BCUT2D eigenvalue weighted by Gasteiger charge is 2.20. The minimum atomic E-state index is -0.173. The van der Waals surface area contributed by atoms with E-state index in [4.69, 9.17) is 19.4 Å². The summed E-state index contributed by atoms with van der Waals surface area (Å²) in [4.78, 5) is 17.6. The lowest BCUT2D eigenvalue weighted by molar-refractivity contribution is 0.174. The van der Waals surface area contributed by atoms with Gasteiger partial charge < -0.3 is 19.6 Å². The first-order valence-electron chi connectivity index (χ1n) is 10.9. The fourth-order valence-electron chi connectivity index (χ4n) is 4.38. The molecule has 6 heterocycles. The quantitative estimate of drug-likeness (QED) is 0.360. The summed E-state index contributed by atoms with van der Waals surface area (Å²) < 4.78 is 12.6. The van der Waals surface area contributed by atoms with Crippen molar-refractivity contribution in [2.45, 2.75) is 6.61 Å². The minimum Gasteiger partial charge on any atom is -0.454 e. The summed E-state index contributed by atoms with van der Waals surface area (Å²) in [6.45, 7) is 0.0381. The summed E-state index contributed by atoms with van der Waals surface area (Å²) in [6.07, 6.45) is 3.58. The van der Waals surface area contributed by atoms with Crippen LogP contribution in [0.3, 0.4) is 0 Å². The number of hydrogen-bond acceptors (Lipinski definition) is 8. The van der Waals surface area contributed by atoms with Crippen molar-refractivity contribution >= 4 is 22.1 Å². The van der Waals surface area contributed by atoms with Crippen LogP contribution < -0.4 is 9.47 Å². The van der Waals surface area contributed by atoms with E-state index in [1.807, 2.05) is 49.6 Å². The molecule has 0 saturated carbocycles. The van der Waals surface area contributed by atoms with Crippen LogP contribution in [0, 0.1) is 0 Å². The molecule has 0 bridgehead atoms. The molecule has 1 aliphatic rings. The molecule has 7 rings (SSSR count). The molecule has 1 aliphatic heterocycles. The highest BCUT2D eigenvalue weighted by molar-refractivity contribution is 5.95. The van der Waals surface area contributed by atoms with Crippen LogP contribution in [0.15, 0.2) is 48.8 Å². The SMILES string of the molecule is Cn1cc(-c2ccc3[nH]nc(-c4nc5c(-c6ccc7c(c6)OCO7)nccc5[nH]4)c3n2)c(CO)n1. The van der Waals surface area contributed by atoms with Crippen LogP contribution in [0.5, 0.6) is 11.5 Å². The Morgan fingerprint density at radius 3 is 2.80 bits per heavy atom. The summed E-state index contributed by atoms with van der Waals surface area (Å²) in [6, 6.07) is 11.4.